The highest BCUT2D eigenvalue weighted by Gasteiger charge is 2.51. The smallest absolute Gasteiger partial charge is 0.409 e. The number of carbonyl (C=O) groups excluding carboxylic acids is 2. The SMILES string of the molecule is CC.CCOC(=O)N1CCN(CCCN2C(=O)C(CCN3CCC(c4ccccc4)CC3)(c3ccccc3)c3ccccc32)CC1. The van der Waals surface area contributed by atoms with E-state index in [2.05, 4.69) is 93.6 Å². The number of para-hydroxylation sites is 1. The van der Waals surface area contributed by atoms with Gasteiger partial charge < -0.3 is 19.4 Å². The molecule has 0 spiro atoms. The normalized spacial score (nSPS) is 20.6. The zero-order chi connectivity index (χ0) is 32.4. The minimum absolute atomic E-state index is 0.205. The van der Waals surface area contributed by atoms with E-state index in [1.165, 1.54) is 5.56 Å². The zero-order valence-corrected chi connectivity index (χ0v) is 28.1. The second-order valence-corrected chi connectivity index (χ2v) is 12.4. The number of hydrogen-bond donors (Lipinski definition) is 0. The van der Waals surface area contributed by atoms with Gasteiger partial charge in [0.15, 0.2) is 0 Å². The first-order valence-corrected chi connectivity index (χ1v) is 17.5. The number of ether oxygens (including phenoxy) is 1. The molecule has 2 saturated heterocycles. The number of piperidine rings is 1. The van der Waals surface area contributed by atoms with Gasteiger partial charge in [-0.05, 0) is 87.5 Å². The van der Waals surface area contributed by atoms with Gasteiger partial charge in [-0.3, -0.25) is 9.69 Å². The minimum Gasteiger partial charge on any atom is -0.450 e. The Hall–Kier alpha value is -3.68. The molecule has 7 heteroatoms. The Morgan fingerprint density at radius 3 is 2.04 bits per heavy atom. The van der Waals surface area contributed by atoms with Crippen molar-refractivity contribution in [1.82, 2.24) is 14.7 Å². The van der Waals surface area contributed by atoms with Crippen molar-refractivity contribution in [3.05, 3.63) is 102 Å². The van der Waals surface area contributed by atoms with Crippen molar-refractivity contribution in [2.24, 2.45) is 0 Å². The Balaban J connectivity index is 0.00000204. The summed E-state index contributed by atoms with van der Waals surface area (Å²) in [5.74, 6) is 0.823. The van der Waals surface area contributed by atoms with Crippen molar-refractivity contribution in [3.63, 3.8) is 0 Å². The van der Waals surface area contributed by atoms with Crippen molar-refractivity contribution >= 4 is 17.7 Å². The van der Waals surface area contributed by atoms with Gasteiger partial charge in [0.1, 0.15) is 5.41 Å². The van der Waals surface area contributed by atoms with E-state index in [4.69, 9.17) is 4.74 Å². The number of rotatable bonds is 10. The second kappa shape index (κ2) is 16.2. The van der Waals surface area contributed by atoms with E-state index in [-0.39, 0.29) is 12.0 Å². The van der Waals surface area contributed by atoms with Crippen molar-refractivity contribution in [3.8, 4) is 0 Å². The molecule has 7 nitrogen and oxygen atoms in total. The number of nitrogens with zero attached hydrogens (tertiary/aromatic N) is 4. The fourth-order valence-electron chi connectivity index (χ4n) is 7.50. The van der Waals surface area contributed by atoms with Gasteiger partial charge in [-0.25, -0.2) is 4.79 Å². The van der Waals surface area contributed by atoms with E-state index in [9.17, 15) is 9.59 Å². The highest BCUT2D eigenvalue weighted by atomic mass is 16.6. The Bertz CT molecular complexity index is 1380. The summed E-state index contributed by atoms with van der Waals surface area (Å²) in [4.78, 5) is 35.6. The van der Waals surface area contributed by atoms with E-state index in [1.807, 2.05) is 26.8 Å². The van der Waals surface area contributed by atoms with Crippen LogP contribution in [0.3, 0.4) is 0 Å². The Morgan fingerprint density at radius 1 is 0.761 bits per heavy atom. The number of benzene rings is 3. The van der Waals surface area contributed by atoms with E-state index >= 15 is 0 Å². The molecule has 246 valence electrons. The van der Waals surface area contributed by atoms with Gasteiger partial charge in [0, 0.05) is 38.4 Å². The summed E-state index contributed by atoms with van der Waals surface area (Å²) in [6, 6.07) is 29.8. The van der Waals surface area contributed by atoms with Crippen LogP contribution in [0.1, 0.15) is 69.1 Å². The van der Waals surface area contributed by atoms with Crippen molar-refractivity contribution in [2.45, 2.75) is 57.8 Å². The van der Waals surface area contributed by atoms with Gasteiger partial charge in [0.2, 0.25) is 5.91 Å². The quantitative estimate of drug-likeness (QED) is 0.249. The molecule has 3 aromatic carbocycles. The molecule has 46 heavy (non-hydrogen) atoms. The number of amides is 2. The fraction of sp³-hybridized carbons (Fsp3) is 0.487. The molecule has 0 aromatic heterocycles. The standard InChI is InChI=1S/C37H46N4O3.C2H6/c1-2-44-36(43)40-28-26-38(27-29-40)21-11-22-41-34-17-10-9-16-33(34)37(35(41)42,32-14-7-4-8-15-32)20-25-39-23-18-31(19-24-39)30-12-5-3-6-13-30;1-2/h3-10,12-17,31H,2,11,18-29H2,1H3;1-2H3. The van der Waals surface area contributed by atoms with Crippen LogP contribution in [0.15, 0.2) is 84.9 Å². The number of likely N-dealkylation sites (tertiary alicyclic amines) is 1. The van der Waals surface area contributed by atoms with Crippen LogP contribution in [0, 0.1) is 0 Å². The third-order valence-electron chi connectivity index (χ3n) is 9.95. The Labute approximate surface area is 276 Å². The number of carbonyl (C=O) groups is 2. The number of fused-ring (bicyclic) bond motifs is 1. The Kier molecular flexibility index (Phi) is 11.9. The van der Waals surface area contributed by atoms with Crippen molar-refractivity contribution in [1.29, 1.82) is 0 Å². The van der Waals surface area contributed by atoms with Crippen LogP contribution in [0.4, 0.5) is 10.5 Å². The fourth-order valence-corrected chi connectivity index (χ4v) is 7.50. The molecule has 6 rings (SSSR count). The molecular weight excluding hydrogens is 572 g/mol. The first kappa shape index (κ1) is 33.7. The van der Waals surface area contributed by atoms with Crippen LogP contribution >= 0.6 is 0 Å². The maximum Gasteiger partial charge on any atom is 0.409 e. The van der Waals surface area contributed by atoms with Crippen LogP contribution < -0.4 is 4.90 Å². The summed E-state index contributed by atoms with van der Waals surface area (Å²) < 4.78 is 5.17. The van der Waals surface area contributed by atoms with Crippen LogP contribution in [0.5, 0.6) is 0 Å². The predicted molar refractivity (Wildman–Crippen MR) is 186 cm³/mol. The molecule has 0 bridgehead atoms. The summed E-state index contributed by atoms with van der Waals surface area (Å²) >= 11 is 0. The summed E-state index contributed by atoms with van der Waals surface area (Å²) in [5.41, 5.74) is 4.05. The molecule has 3 aliphatic heterocycles. The predicted octanol–water partition coefficient (Wildman–Crippen LogP) is 6.78. The molecule has 0 saturated carbocycles. The third kappa shape index (κ3) is 7.31. The van der Waals surface area contributed by atoms with Gasteiger partial charge in [0.05, 0.1) is 6.61 Å². The lowest BCUT2D eigenvalue weighted by molar-refractivity contribution is -0.122. The highest BCUT2D eigenvalue weighted by molar-refractivity contribution is 6.10. The molecule has 3 aliphatic rings. The lowest BCUT2D eigenvalue weighted by Gasteiger charge is -2.36. The molecule has 0 N–H and O–H groups in total. The van der Waals surface area contributed by atoms with Gasteiger partial charge in [0.25, 0.3) is 0 Å². The summed E-state index contributed by atoms with van der Waals surface area (Å²) in [5, 5.41) is 0. The largest absolute Gasteiger partial charge is 0.450 e. The zero-order valence-electron chi connectivity index (χ0n) is 28.1. The first-order valence-electron chi connectivity index (χ1n) is 17.5. The van der Waals surface area contributed by atoms with Crippen LogP contribution in [-0.2, 0) is 14.9 Å². The van der Waals surface area contributed by atoms with E-state index in [0.29, 0.717) is 32.2 Å². The van der Waals surface area contributed by atoms with Crippen LogP contribution in [0.25, 0.3) is 0 Å². The molecule has 1 atom stereocenters. The van der Waals surface area contributed by atoms with E-state index in [1.54, 1.807) is 4.90 Å². The minimum atomic E-state index is -0.681. The monoisotopic (exact) mass is 624 g/mol. The average molecular weight is 625 g/mol. The van der Waals surface area contributed by atoms with Gasteiger partial charge in [-0.15, -0.1) is 0 Å². The molecule has 3 heterocycles. The second-order valence-electron chi connectivity index (χ2n) is 12.4. The summed E-state index contributed by atoms with van der Waals surface area (Å²) in [7, 11) is 0. The van der Waals surface area contributed by atoms with E-state index in [0.717, 1.165) is 81.8 Å². The van der Waals surface area contributed by atoms with Crippen molar-refractivity contribution < 1.29 is 14.3 Å². The Morgan fingerprint density at radius 2 is 1.37 bits per heavy atom. The molecule has 2 fully saturated rings. The van der Waals surface area contributed by atoms with E-state index < -0.39 is 5.41 Å². The lowest BCUT2D eigenvalue weighted by Crippen LogP contribution is -2.49. The average Bonchev–Trinajstić information content (AvgIpc) is 3.36. The first-order chi connectivity index (χ1) is 22.6. The van der Waals surface area contributed by atoms with Gasteiger partial charge >= 0.3 is 6.09 Å². The summed E-state index contributed by atoms with van der Waals surface area (Å²) in [6.07, 6.45) is 3.76. The third-order valence-corrected chi connectivity index (χ3v) is 9.95. The lowest BCUT2D eigenvalue weighted by atomic mass is 9.72. The molecule has 0 radical (unpaired) electrons. The molecule has 3 aromatic rings. The number of anilines is 1. The molecular formula is C39H52N4O3. The van der Waals surface area contributed by atoms with Crippen molar-refractivity contribution in [2.75, 3.05) is 70.4 Å². The maximum absolute atomic E-state index is 14.7. The topological polar surface area (TPSA) is 56.3 Å². The number of hydrogen-bond acceptors (Lipinski definition) is 5. The molecule has 1 unspecified atom stereocenters. The molecule has 0 aliphatic carbocycles. The highest BCUT2D eigenvalue weighted by Crippen LogP contribution is 2.48. The van der Waals surface area contributed by atoms with Gasteiger partial charge in [-0.1, -0.05) is 92.7 Å². The molecule has 2 amide bonds. The van der Waals surface area contributed by atoms with Crippen LogP contribution in [0.2, 0.25) is 0 Å². The van der Waals surface area contributed by atoms with Crippen LogP contribution in [-0.4, -0.2) is 92.2 Å². The summed E-state index contributed by atoms with van der Waals surface area (Å²) in [6.45, 7) is 13.9. The maximum atomic E-state index is 14.7. The van der Waals surface area contributed by atoms with Gasteiger partial charge in [-0.2, -0.15) is 0 Å². The number of piperazine rings is 1.